The number of rotatable bonds is 2. The van der Waals surface area contributed by atoms with Gasteiger partial charge in [-0.1, -0.05) is 30.3 Å². The number of aliphatic hydroxyl groups is 1. The van der Waals surface area contributed by atoms with E-state index in [1.165, 1.54) is 14.0 Å². The van der Waals surface area contributed by atoms with Crippen LogP contribution in [0.1, 0.15) is 12.5 Å². The molecule has 1 aromatic carbocycles. The number of carbonyl (C=O) groups excluding carboxylic acids is 1. The lowest BCUT2D eigenvalue weighted by atomic mass is 9.95. The number of hydrogen-bond donors (Lipinski definition) is 2. The van der Waals surface area contributed by atoms with Gasteiger partial charge in [0.05, 0.1) is 0 Å². The van der Waals surface area contributed by atoms with E-state index in [-0.39, 0.29) is 0 Å². The Morgan fingerprint density at radius 1 is 1.38 bits per heavy atom. The maximum Gasteiger partial charge on any atom is 0.256 e. The second kappa shape index (κ2) is 3.58. The molecule has 1 aromatic rings. The number of nitrogens with one attached hydrogen (secondary N) is 1. The summed E-state index contributed by atoms with van der Waals surface area (Å²) in [6.45, 7) is 1.47. The lowest BCUT2D eigenvalue weighted by molar-refractivity contribution is -0.138. The van der Waals surface area contributed by atoms with Gasteiger partial charge in [0.25, 0.3) is 5.91 Å². The standard InChI is InChI=1S/C10H13NO2/c1-10(13,9(12)11-2)8-6-4-3-5-7-8/h3-7,13H,1-2H3,(H,11,12). The summed E-state index contributed by atoms with van der Waals surface area (Å²) in [5, 5.41) is 12.3. The summed E-state index contributed by atoms with van der Waals surface area (Å²) < 4.78 is 0. The lowest BCUT2D eigenvalue weighted by Gasteiger charge is -2.21. The number of benzene rings is 1. The zero-order valence-corrected chi connectivity index (χ0v) is 7.74. The van der Waals surface area contributed by atoms with Crippen molar-refractivity contribution in [3.05, 3.63) is 35.9 Å². The van der Waals surface area contributed by atoms with E-state index in [9.17, 15) is 9.90 Å². The average Bonchev–Trinajstić information content (AvgIpc) is 2.18. The first-order valence-electron chi connectivity index (χ1n) is 4.09. The van der Waals surface area contributed by atoms with Crippen molar-refractivity contribution >= 4 is 5.91 Å². The van der Waals surface area contributed by atoms with E-state index in [2.05, 4.69) is 5.32 Å². The summed E-state index contributed by atoms with van der Waals surface area (Å²) in [6.07, 6.45) is 0. The van der Waals surface area contributed by atoms with Crippen LogP contribution in [-0.2, 0) is 10.4 Å². The van der Waals surface area contributed by atoms with Crippen LogP contribution in [0.2, 0.25) is 0 Å². The Morgan fingerprint density at radius 2 is 1.92 bits per heavy atom. The van der Waals surface area contributed by atoms with Crippen molar-refractivity contribution in [1.29, 1.82) is 0 Å². The van der Waals surface area contributed by atoms with Crippen molar-refractivity contribution < 1.29 is 9.90 Å². The Balaban J connectivity index is 3.00. The molecule has 0 saturated heterocycles. The van der Waals surface area contributed by atoms with Gasteiger partial charge in [0.15, 0.2) is 5.60 Å². The Morgan fingerprint density at radius 3 is 2.38 bits per heavy atom. The summed E-state index contributed by atoms with van der Waals surface area (Å²) in [6, 6.07) is 8.84. The van der Waals surface area contributed by atoms with Crippen molar-refractivity contribution in [2.24, 2.45) is 0 Å². The minimum Gasteiger partial charge on any atom is -0.376 e. The molecule has 0 aliphatic rings. The minimum absolute atomic E-state index is 0.404. The average molecular weight is 179 g/mol. The van der Waals surface area contributed by atoms with Gasteiger partial charge in [-0.2, -0.15) is 0 Å². The van der Waals surface area contributed by atoms with Crippen LogP contribution in [0.4, 0.5) is 0 Å². The van der Waals surface area contributed by atoms with Crippen LogP contribution in [0.15, 0.2) is 30.3 Å². The molecule has 0 heterocycles. The third-order valence-corrected chi connectivity index (χ3v) is 2.01. The molecule has 0 fully saturated rings. The third kappa shape index (κ3) is 1.87. The SMILES string of the molecule is CNC(=O)C(C)(O)c1ccccc1. The van der Waals surface area contributed by atoms with Crippen molar-refractivity contribution in [3.63, 3.8) is 0 Å². The van der Waals surface area contributed by atoms with Gasteiger partial charge in [0.1, 0.15) is 0 Å². The van der Waals surface area contributed by atoms with Gasteiger partial charge < -0.3 is 10.4 Å². The van der Waals surface area contributed by atoms with Crippen molar-refractivity contribution in [1.82, 2.24) is 5.32 Å². The molecule has 0 bridgehead atoms. The summed E-state index contributed by atoms with van der Waals surface area (Å²) in [5.41, 5.74) is -0.856. The van der Waals surface area contributed by atoms with Crippen LogP contribution < -0.4 is 5.32 Å². The van der Waals surface area contributed by atoms with Crippen LogP contribution in [0, 0.1) is 0 Å². The number of amides is 1. The second-order valence-electron chi connectivity index (χ2n) is 3.02. The van der Waals surface area contributed by atoms with Gasteiger partial charge in [-0.05, 0) is 12.5 Å². The molecule has 1 atom stereocenters. The first-order chi connectivity index (χ1) is 6.09. The first kappa shape index (κ1) is 9.74. The summed E-state index contributed by atoms with van der Waals surface area (Å²) >= 11 is 0. The normalized spacial score (nSPS) is 14.7. The van der Waals surface area contributed by atoms with Crippen LogP contribution in [-0.4, -0.2) is 18.1 Å². The van der Waals surface area contributed by atoms with Gasteiger partial charge in [-0.3, -0.25) is 4.79 Å². The lowest BCUT2D eigenvalue weighted by Crippen LogP contribution is -2.40. The van der Waals surface area contributed by atoms with E-state index in [0.29, 0.717) is 5.56 Å². The molecule has 70 valence electrons. The highest BCUT2D eigenvalue weighted by molar-refractivity contribution is 5.85. The molecular formula is C10H13NO2. The van der Waals surface area contributed by atoms with Gasteiger partial charge >= 0.3 is 0 Å². The van der Waals surface area contributed by atoms with E-state index in [1.807, 2.05) is 6.07 Å². The Bertz CT molecular complexity index is 293. The van der Waals surface area contributed by atoms with Gasteiger partial charge in [0.2, 0.25) is 0 Å². The van der Waals surface area contributed by atoms with Crippen molar-refractivity contribution in [3.8, 4) is 0 Å². The predicted molar refractivity (Wildman–Crippen MR) is 50.1 cm³/mol. The van der Waals surface area contributed by atoms with Gasteiger partial charge in [-0.15, -0.1) is 0 Å². The van der Waals surface area contributed by atoms with Crippen LogP contribution in [0.3, 0.4) is 0 Å². The molecule has 1 unspecified atom stereocenters. The van der Waals surface area contributed by atoms with Gasteiger partial charge in [-0.25, -0.2) is 0 Å². The number of hydrogen-bond acceptors (Lipinski definition) is 2. The first-order valence-corrected chi connectivity index (χ1v) is 4.09. The molecule has 0 aliphatic carbocycles. The fourth-order valence-corrected chi connectivity index (χ4v) is 1.14. The summed E-state index contributed by atoms with van der Waals surface area (Å²) in [7, 11) is 1.50. The predicted octanol–water partition coefficient (Wildman–Crippen LogP) is 0.640. The van der Waals surface area contributed by atoms with Crippen LogP contribution >= 0.6 is 0 Å². The monoisotopic (exact) mass is 179 g/mol. The Hall–Kier alpha value is -1.35. The molecule has 2 N–H and O–H groups in total. The summed E-state index contributed by atoms with van der Waals surface area (Å²) in [5.74, 6) is -0.404. The molecule has 0 radical (unpaired) electrons. The molecule has 0 aromatic heterocycles. The third-order valence-electron chi connectivity index (χ3n) is 2.01. The molecule has 3 nitrogen and oxygen atoms in total. The van der Waals surface area contributed by atoms with Crippen molar-refractivity contribution in [2.45, 2.75) is 12.5 Å². The number of likely N-dealkylation sites (N-methyl/N-ethyl adjacent to an activating group) is 1. The molecule has 13 heavy (non-hydrogen) atoms. The van der Waals surface area contributed by atoms with E-state index >= 15 is 0 Å². The molecular weight excluding hydrogens is 166 g/mol. The smallest absolute Gasteiger partial charge is 0.256 e. The fourth-order valence-electron chi connectivity index (χ4n) is 1.14. The highest BCUT2D eigenvalue weighted by Crippen LogP contribution is 2.19. The molecule has 1 rings (SSSR count). The molecule has 1 amide bonds. The Labute approximate surface area is 77.4 Å². The fraction of sp³-hybridized carbons (Fsp3) is 0.300. The second-order valence-corrected chi connectivity index (χ2v) is 3.02. The zero-order chi connectivity index (χ0) is 9.90. The van der Waals surface area contributed by atoms with Crippen LogP contribution in [0.5, 0.6) is 0 Å². The Kier molecular flexibility index (Phi) is 2.68. The highest BCUT2D eigenvalue weighted by Gasteiger charge is 2.30. The highest BCUT2D eigenvalue weighted by atomic mass is 16.3. The quantitative estimate of drug-likeness (QED) is 0.700. The van der Waals surface area contributed by atoms with Crippen LogP contribution in [0.25, 0.3) is 0 Å². The van der Waals surface area contributed by atoms with E-state index in [1.54, 1.807) is 24.3 Å². The van der Waals surface area contributed by atoms with E-state index < -0.39 is 11.5 Å². The van der Waals surface area contributed by atoms with Crippen molar-refractivity contribution in [2.75, 3.05) is 7.05 Å². The van der Waals surface area contributed by atoms with Gasteiger partial charge in [0, 0.05) is 7.05 Å². The minimum atomic E-state index is -1.45. The molecule has 3 heteroatoms. The van der Waals surface area contributed by atoms with E-state index in [0.717, 1.165) is 0 Å². The summed E-state index contributed by atoms with van der Waals surface area (Å²) in [4.78, 5) is 11.3. The molecule has 0 spiro atoms. The number of carbonyl (C=O) groups is 1. The molecule has 0 aliphatic heterocycles. The van der Waals surface area contributed by atoms with E-state index in [4.69, 9.17) is 0 Å². The zero-order valence-electron chi connectivity index (χ0n) is 7.74. The molecule has 0 saturated carbocycles. The maximum atomic E-state index is 11.3. The maximum absolute atomic E-state index is 11.3. The topological polar surface area (TPSA) is 49.3 Å². The largest absolute Gasteiger partial charge is 0.376 e.